The maximum Gasteiger partial charge on any atom is 0.0527 e. The highest BCUT2D eigenvalue weighted by Gasteiger charge is 2.23. The third-order valence-electron chi connectivity index (χ3n) is 2.96. The van der Waals surface area contributed by atoms with Crippen molar-refractivity contribution in [3.63, 3.8) is 0 Å². The fraction of sp³-hybridized carbons (Fsp3) is 0.700. The van der Waals surface area contributed by atoms with E-state index >= 15 is 0 Å². The van der Waals surface area contributed by atoms with Gasteiger partial charge in [-0.15, -0.1) is 0 Å². The molecule has 1 aromatic rings. The van der Waals surface area contributed by atoms with Gasteiger partial charge in [-0.05, 0) is 23.8 Å². The Morgan fingerprint density at radius 3 is 2.33 bits per heavy atom. The lowest BCUT2D eigenvalue weighted by molar-refractivity contribution is 0.438. The summed E-state index contributed by atoms with van der Waals surface area (Å²) < 4.78 is 1.87. The quantitative estimate of drug-likeness (QED) is 0.674. The predicted molar refractivity (Wildman–Crippen MR) is 51.1 cm³/mol. The summed E-state index contributed by atoms with van der Waals surface area (Å²) in [5.74, 6) is 0. The molecule has 0 atom stereocenters. The van der Waals surface area contributed by atoms with Crippen molar-refractivity contribution in [3.05, 3.63) is 18.0 Å². The number of aryl methyl sites for hydroxylation is 1. The summed E-state index contributed by atoms with van der Waals surface area (Å²) in [7, 11) is 1.97. The summed E-state index contributed by atoms with van der Waals surface area (Å²) in [5, 5.41) is 4.20. The van der Waals surface area contributed by atoms with Gasteiger partial charge in [-0.25, -0.2) is 0 Å². The zero-order chi connectivity index (χ0) is 9.19. The van der Waals surface area contributed by atoms with Crippen molar-refractivity contribution in [2.24, 2.45) is 7.05 Å². The Hall–Kier alpha value is -0.790. The molecule has 0 saturated carbocycles. The second-order valence-electron chi connectivity index (χ2n) is 3.67. The standard InChI is InChI=1S/C10H18N2/c1-5-10(3,6-2)9-7-11-12(4)8-9/h7-8H,5-6H2,1-4H3. The minimum absolute atomic E-state index is 0.314. The van der Waals surface area contributed by atoms with Crippen LogP contribution in [0.5, 0.6) is 0 Å². The summed E-state index contributed by atoms with van der Waals surface area (Å²) in [4.78, 5) is 0. The van der Waals surface area contributed by atoms with Gasteiger partial charge in [-0.3, -0.25) is 4.68 Å². The molecule has 0 bridgehead atoms. The Labute approximate surface area is 74.6 Å². The number of hydrogen-bond acceptors (Lipinski definition) is 1. The summed E-state index contributed by atoms with van der Waals surface area (Å²) in [6, 6.07) is 0. The Morgan fingerprint density at radius 1 is 1.42 bits per heavy atom. The monoisotopic (exact) mass is 166 g/mol. The molecule has 1 aromatic heterocycles. The third kappa shape index (κ3) is 1.52. The molecule has 2 heteroatoms. The van der Waals surface area contributed by atoms with Gasteiger partial charge in [0.1, 0.15) is 0 Å². The highest BCUT2D eigenvalue weighted by Crippen LogP contribution is 2.29. The van der Waals surface area contributed by atoms with Crippen LogP contribution in [-0.2, 0) is 12.5 Å². The molecule has 1 rings (SSSR count). The second-order valence-corrected chi connectivity index (χ2v) is 3.67. The van der Waals surface area contributed by atoms with Gasteiger partial charge in [-0.2, -0.15) is 5.10 Å². The lowest BCUT2D eigenvalue weighted by atomic mass is 9.79. The molecule has 0 saturated heterocycles. The maximum absolute atomic E-state index is 4.20. The molecule has 0 aliphatic carbocycles. The molecule has 0 radical (unpaired) electrons. The zero-order valence-corrected chi connectivity index (χ0v) is 8.46. The summed E-state index contributed by atoms with van der Waals surface area (Å²) in [6.45, 7) is 6.76. The largest absolute Gasteiger partial charge is 0.276 e. The lowest BCUT2D eigenvalue weighted by Crippen LogP contribution is -2.18. The van der Waals surface area contributed by atoms with Gasteiger partial charge in [-0.1, -0.05) is 20.8 Å². The first kappa shape index (κ1) is 9.30. The number of rotatable bonds is 3. The molecule has 0 aliphatic rings. The fourth-order valence-corrected chi connectivity index (χ4v) is 1.39. The van der Waals surface area contributed by atoms with E-state index in [-0.39, 0.29) is 0 Å². The van der Waals surface area contributed by atoms with Crippen LogP contribution in [0.15, 0.2) is 12.4 Å². The van der Waals surface area contributed by atoms with Crippen molar-refractivity contribution in [1.29, 1.82) is 0 Å². The van der Waals surface area contributed by atoms with E-state index in [9.17, 15) is 0 Å². The van der Waals surface area contributed by atoms with Gasteiger partial charge >= 0.3 is 0 Å². The van der Waals surface area contributed by atoms with Crippen LogP contribution in [0.3, 0.4) is 0 Å². The Balaban J connectivity index is 2.94. The van der Waals surface area contributed by atoms with Gasteiger partial charge in [0.05, 0.1) is 6.20 Å². The van der Waals surface area contributed by atoms with Crippen molar-refractivity contribution in [2.45, 2.75) is 39.0 Å². The van der Waals surface area contributed by atoms with Crippen LogP contribution in [-0.4, -0.2) is 9.78 Å². The molecule has 0 aliphatic heterocycles. The van der Waals surface area contributed by atoms with Crippen LogP contribution >= 0.6 is 0 Å². The minimum atomic E-state index is 0.314. The van der Waals surface area contributed by atoms with E-state index < -0.39 is 0 Å². The van der Waals surface area contributed by atoms with Crippen LogP contribution in [0.25, 0.3) is 0 Å². The summed E-state index contributed by atoms with van der Waals surface area (Å²) >= 11 is 0. The highest BCUT2D eigenvalue weighted by atomic mass is 15.2. The first-order valence-corrected chi connectivity index (χ1v) is 4.61. The van der Waals surface area contributed by atoms with E-state index in [0.29, 0.717) is 5.41 Å². The van der Waals surface area contributed by atoms with Crippen molar-refractivity contribution in [3.8, 4) is 0 Å². The second kappa shape index (κ2) is 3.30. The third-order valence-corrected chi connectivity index (χ3v) is 2.96. The van der Waals surface area contributed by atoms with Crippen molar-refractivity contribution in [2.75, 3.05) is 0 Å². The van der Waals surface area contributed by atoms with Crippen LogP contribution in [0.1, 0.15) is 39.2 Å². The molecule has 68 valence electrons. The van der Waals surface area contributed by atoms with Crippen molar-refractivity contribution >= 4 is 0 Å². The van der Waals surface area contributed by atoms with E-state index in [0.717, 1.165) is 0 Å². The van der Waals surface area contributed by atoms with Gasteiger partial charge in [0.2, 0.25) is 0 Å². The number of aromatic nitrogens is 2. The molecule has 0 fully saturated rings. The van der Waals surface area contributed by atoms with E-state index in [1.54, 1.807) is 0 Å². The molecule has 0 spiro atoms. The fourth-order valence-electron chi connectivity index (χ4n) is 1.39. The van der Waals surface area contributed by atoms with Crippen molar-refractivity contribution in [1.82, 2.24) is 9.78 Å². The lowest BCUT2D eigenvalue weighted by Gasteiger charge is -2.24. The van der Waals surface area contributed by atoms with Gasteiger partial charge in [0.15, 0.2) is 0 Å². The molecular weight excluding hydrogens is 148 g/mol. The van der Waals surface area contributed by atoms with Crippen LogP contribution < -0.4 is 0 Å². The Bertz CT molecular complexity index is 246. The smallest absolute Gasteiger partial charge is 0.0527 e. The SMILES string of the molecule is CCC(C)(CC)c1cnn(C)c1. The Morgan fingerprint density at radius 2 is 2.00 bits per heavy atom. The molecular formula is C10H18N2. The number of hydrogen-bond donors (Lipinski definition) is 0. The minimum Gasteiger partial charge on any atom is -0.276 e. The first-order chi connectivity index (χ1) is 5.62. The molecule has 1 heterocycles. The molecule has 0 unspecified atom stereocenters. The average Bonchev–Trinajstić information content (AvgIpc) is 2.51. The van der Waals surface area contributed by atoms with Crippen LogP contribution in [0.2, 0.25) is 0 Å². The highest BCUT2D eigenvalue weighted by molar-refractivity contribution is 5.17. The van der Waals surface area contributed by atoms with Crippen molar-refractivity contribution < 1.29 is 0 Å². The van der Waals surface area contributed by atoms with Crippen LogP contribution in [0, 0.1) is 0 Å². The average molecular weight is 166 g/mol. The number of nitrogens with zero attached hydrogens (tertiary/aromatic N) is 2. The van der Waals surface area contributed by atoms with Crippen LogP contribution in [0.4, 0.5) is 0 Å². The van der Waals surface area contributed by atoms with Gasteiger partial charge < -0.3 is 0 Å². The van der Waals surface area contributed by atoms with E-state index in [2.05, 4.69) is 32.1 Å². The molecule has 2 nitrogen and oxygen atoms in total. The summed E-state index contributed by atoms with van der Waals surface area (Å²) in [5.41, 5.74) is 1.67. The maximum atomic E-state index is 4.20. The summed E-state index contributed by atoms with van der Waals surface area (Å²) in [6.07, 6.45) is 6.45. The zero-order valence-electron chi connectivity index (χ0n) is 8.46. The normalized spacial score (nSPS) is 12.0. The predicted octanol–water partition coefficient (Wildman–Crippen LogP) is 2.50. The first-order valence-electron chi connectivity index (χ1n) is 4.61. The molecule has 0 N–H and O–H groups in total. The molecule has 0 aromatic carbocycles. The molecule has 12 heavy (non-hydrogen) atoms. The van der Waals surface area contributed by atoms with E-state index in [4.69, 9.17) is 0 Å². The molecule has 0 amide bonds. The Kier molecular flexibility index (Phi) is 2.55. The van der Waals surface area contributed by atoms with E-state index in [1.807, 2.05) is 17.9 Å². The van der Waals surface area contributed by atoms with E-state index in [1.165, 1.54) is 18.4 Å². The van der Waals surface area contributed by atoms with Gasteiger partial charge in [0, 0.05) is 13.2 Å². The topological polar surface area (TPSA) is 17.8 Å². The van der Waals surface area contributed by atoms with Gasteiger partial charge in [0.25, 0.3) is 0 Å².